The summed E-state index contributed by atoms with van der Waals surface area (Å²) in [6.07, 6.45) is 8.62. The second-order valence-corrected chi connectivity index (χ2v) is 18.4. The molecule has 1 heterocycles. The van der Waals surface area contributed by atoms with Gasteiger partial charge in [0.05, 0.1) is 16.8 Å². The Hall–Kier alpha value is -5.60. The number of furan rings is 1. The minimum atomic E-state index is -0.0922. The summed E-state index contributed by atoms with van der Waals surface area (Å²) in [7, 11) is 0. The maximum atomic E-state index is 6.71. The number of para-hydroxylation sites is 2. The summed E-state index contributed by atoms with van der Waals surface area (Å²) in [5, 5.41) is 4.75. The second kappa shape index (κ2) is 12.7. The summed E-state index contributed by atoms with van der Waals surface area (Å²) in [6, 6.07) is 56.3. The quantitative estimate of drug-likeness (QED) is 0.170. The van der Waals surface area contributed by atoms with Gasteiger partial charge in [0.25, 0.3) is 0 Å². The Labute approximate surface area is 330 Å². The lowest BCUT2D eigenvalue weighted by Crippen LogP contribution is -2.48. The summed E-state index contributed by atoms with van der Waals surface area (Å²) >= 11 is 0. The lowest BCUT2D eigenvalue weighted by Gasteiger charge is -2.57. The summed E-state index contributed by atoms with van der Waals surface area (Å²) < 4.78 is 6.71. The van der Waals surface area contributed by atoms with E-state index < -0.39 is 0 Å². The number of fused-ring (bicyclic) bond motifs is 4. The molecule has 4 aliphatic carbocycles. The smallest absolute Gasteiger partial charge is 0.137 e. The first-order valence-corrected chi connectivity index (χ1v) is 20.8. The van der Waals surface area contributed by atoms with E-state index in [1.165, 1.54) is 82.8 Å². The number of rotatable bonds is 6. The van der Waals surface area contributed by atoms with Gasteiger partial charge in [-0.25, -0.2) is 0 Å². The van der Waals surface area contributed by atoms with E-state index in [4.69, 9.17) is 4.42 Å². The third-order valence-electron chi connectivity index (χ3n) is 13.8. The van der Waals surface area contributed by atoms with Gasteiger partial charge in [-0.15, -0.1) is 0 Å². The van der Waals surface area contributed by atoms with Crippen molar-refractivity contribution < 1.29 is 4.42 Å². The van der Waals surface area contributed by atoms with Crippen molar-refractivity contribution >= 4 is 49.8 Å². The van der Waals surface area contributed by atoms with Crippen LogP contribution >= 0.6 is 0 Å². The average molecular weight is 728 g/mol. The van der Waals surface area contributed by atoms with Gasteiger partial charge in [0.1, 0.15) is 11.2 Å². The van der Waals surface area contributed by atoms with Gasteiger partial charge in [0.2, 0.25) is 0 Å². The number of benzene rings is 7. The molecular weight excluding hydrogens is 679 g/mol. The molecule has 0 N–H and O–H groups in total. The van der Waals surface area contributed by atoms with Crippen molar-refractivity contribution in [2.45, 2.75) is 70.1 Å². The molecule has 0 unspecified atom stereocenters. The zero-order valence-electron chi connectivity index (χ0n) is 32.8. The molecule has 1 aromatic heterocycles. The monoisotopic (exact) mass is 727 g/mol. The van der Waals surface area contributed by atoms with Gasteiger partial charge in [-0.1, -0.05) is 136 Å². The van der Waals surface area contributed by atoms with Crippen molar-refractivity contribution in [3.63, 3.8) is 0 Å². The summed E-state index contributed by atoms with van der Waals surface area (Å²) in [5.41, 5.74) is 13.3. The molecule has 4 aliphatic rings. The van der Waals surface area contributed by atoms with E-state index in [1.807, 2.05) is 0 Å². The third-order valence-corrected chi connectivity index (χ3v) is 13.8. The minimum Gasteiger partial charge on any atom is -0.456 e. The molecule has 0 aliphatic heterocycles. The average Bonchev–Trinajstić information content (AvgIpc) is 3.59. The Morgan fingerprint density at radius 2 is 1.12 bits per heavy atom. The van der Waals surface area contributed by atoms with Crippen LogP contribution in [0.15, 0.2) is 156 Å². The van der Waals surface area contributed by atoms with E-state index in [2.05, 4.69) is 177 Å². The summed E-state index contributed by atoms with van der Waals surface area (Å²) in [4.78, 5) is 2.50. The largest absolute Gasteiger partial charge is 0.456 e. The first kappa shape index (κ1) is 33.7. The predicted molar refractivity (Wildman–Crippen MR) is 235 cm³/mol. The normalized spacial score (nSPS) is 21.7. The maximum absolute atomic E-state index is 6.71. The van der Waals surface area contributed by atoms with Crippen LogP contribution in [-0.4, -0.2) is 0 Å². The zero-order chi connectivity index (χ0) is 37.6. The van der Waals surface area contributed by atoms with Gasteiger partial charge >= 0.3 is 0 Å². The van der Waals surface area contributed by atoms with Gasteiger partial charge in [0, 0.05) is 16.6 Å². The van der Waals surface area contributed by atoms with Gasteiger partial charge < -0.3 is 9.32 Å². The molecule has 12 rings (SSSR count). The van der Waals surface area contributed by atoms with E-state index >= 15 is 0 Å². The molecule has 0 saturated heterocycles. The highest BCUT2D eigenvalue weighted by molar-refractivity contribution is 6.15. The number of nitrogens with zero attached hydrogens (tertiary/aromatic N) is 1. The van der Waals surface area contributed by atoms with E-state index in [-0.39, 0.29) is 5.41 Å². The molecule has 8 aromatic rings. The van der Waals surface area contributed by atoms with Gasteiger partial charge in [-0.3, -0.25) is 0 Å². The van der Waals surface area contributed by atoms with Gasteiger partial charge in [0.15, 0.2) is 0 Å². The molecule has 0 spiro atoms. The van der Waals surface area contributed by atoms with Crippen LogP contribution in [0.25, 0.3) is 55.0 Å². The minimum absolute atomic E-state index is 0.0922. The fourth-order valence-electron chi connectivity index (χ4n) is 11.7. The molecule has 0 radical (unpaired) electrons. The zero-order valence-corrected chi connectivity index (χ0v) is 32.8. The van der Waals surface area contributed by atoms with Crippen LogP contribution in [0.3, 0.4) is 0 Å². The van der Waals surface area contributed by atoms with E-state index in [1.54, 1.807) is 5.56 Å². The first-order chi connectivity index (χ1) is 27.3. The lowest BCUT2D eigenvalue weighted by atomic mass is 9.48. The highest BCUT2D eigenvalue weighted by Crippen LogP contribution is 2.61. The predicted octanol–water partition coefficient (Wildman–Crippen LogP) is 15.3. The number of hydrogen-bond donors (Lipinski definition) is 0. The van der Waals surface area contributed by atoms with E-state index in [9.17, 15) is 0 Å². The standard InChI is InChI=1S/C54H49NO/c1-53(2,3)46-17-7-9-19-48(46)55(47-18-8-6-15-44(47)43-16-10-13-39-12-4-5-14-42(39)43)49-20-11-21-51-52(49)45-31-40(24-27-50(45)56-51)38-22-25-41(26-23-38)54-32-35-28-36(33-54)30-37(29-35)34-54/h4-27,31,35-37H,28-30,32-34H2,1-3H3. The molecule has 0 amide bonds. The first-order valence-electron chi connectivity index (χ1n) is 20.8. The number of hydrogen-bond acceptors (Lipinski definition) is 2. The molecule has 4 saturated carbocycles. The van der Waals surface area contributed by atoms with E-state index in [0.29, 0.717) is 5.41 Å². The second-order valence-electron chi connectivity index (χ2n) is 18.4. The molecule has 0 atom stereocenters. The lowest BCUT2D eigenvalue weighted by molar-refractivity contribution is -0.00518. The Morgan fingerprint density at radius 1 is 0.518 bits per heavy atom. The highest BCUT2D eigenvalue weighted by Gasteiger charge is 2.51. The van der Waals surface area contributed by atoms with Crippen LogP contribution < -0.4 is 4.90 Å². The Morgan fingerprint density at radius 3 is 1.89 bits per heavy atom. The number of anilines is 3. The molecule has 7 aromatic carbocycles. The maximum Gasteiger partial charge on any atom is 0.137 e. The van der Waals surface area contributed by atoms with Crippen LogP contribution in [-0.2, 0) is 10.8 Å². The van der Waals surface area contributed by atoms with Crippen molar-refractivity contribution in [3.05, 3.63) is 163 Å². The third kappa shape index (κ3) is 5.44. The van der Waals surface area contributed by atoms with Crippen molar-refractivity contribution in [2.24, 2.45) is 17.8 Å². The van der Waals surface area contributed by atoms with Crippen molar-refractivity contribution in [1.82, 2.24) is 0 Å². The molecule has 276 valence electrons. The molecule has 2 nitrogen and oxygen atoms in total. The summed E-state index contributed by atoms with van der Waals surface area (Å²) in [6.45, 7) is 6.94. The Bertz CT molecular complexity index is 2740. The van der Waals surface area contributed by atoms with Crippen molar-refractivity contribution in [1.29, 1.82) is 0 Å². The molecule has 4 fully saturated rings. The fraction of sp³-hybridized carbons (Fsp3) is 0.259. The van der Waals surface area contributed by atoms with Gasteiger partial charge in [-0.2, -0.15) is 0 Å². The highest BCUT2D eigenvalue weighted by atomic mass is 16.3. The molecule has 2 heteroatoms. The van der Waals surface area contributed by atoms with Crippen LogP contribution in [0, 0.1) is 17.8 Å². The Kier molecular flexibility index (Phi) is 7.65. The SMILES string of the molecule is CC(C)(C)c1ccccc1N(c1ccccc1-c1cccc2ccccc12)c1cccc2oc3ccc(-c4ccc(C56CC7CC(CC(C7)C5)C6)cc4)cc3c12. The van der Waals surface area contributed by atoms with Crippen LogP contribution in [0.4, 0.5) is 17.1 Å². The van der Waals surface area contributed by atoms with Crippen LogP contribution in [0.5, 0.6) is 0 Å². The fourth-order valence-corrected chi connectivity index (χ4v) is 11.7. The van der Waals surface area contributed by atoms with Crippen LogP contribution in [0.2, 0.25) is 0 Å². The van der Waals surface area contributed by atoms with Crippen LogP contribution in [0.1, 0.15) is 70.4 Å². The molecule has 56 heavy (non-hydrogen) atoms. The summed E-state index contributed by atoms with van der Waals surface area (Å²) in [5.74, 6) is 2.84. The van der Waals surface area contributed by atoms with Gasteiger partial charge in [-0.05, 0) is 142 Å². The molecule has 4 bridgehead atoms. The van der Waals surface area contributed by atoms with Crippen molar-refractivity contribution in [3.8, 4) is 22.3 Å². The van der Waals surface area contributed by atoms with Crippen molar-refractivity contribution in [2.75, 3.05) is 4.90 Å². The Balaban J connectivity index is 1.09. The molecular formula is C54H49NO. The topological polar surface area (TPSA) is 16.4 Å². The van der Waals surface area contributed by atoms with E-state index in [0.717, 1.165) is 51.1 Å².